The molecule has 0 amide bonds. The number of carbonyl (C=O) groups is 2. The zero-order valence-corrected chi connectivity index (χ0v) is 13.8. The summed E-state index contributed by atoms with van der Waals surface area (Å²) in [7, 11) is 0. The van der Waals surface area contributed by atoms with E-state index in [0.29, 0.717) is 11.3 Å². The molecule has 2 aliphatic carbocycles. The number of carboxylic acids is 2. The molecule has 2 aliphatic rings. The van der Waals surface area contributed by atoms with E-state index in [4.69, 9.17) is 10.2 Å². The van der Waals surface area contributed by atoms with E-state index in [-0.39, 0.29) is 5.57 Å². The van der Waals surface area contributed by atoms with Gasteiger partial charge in [0.05, 0.1) is 6.42 Å². The third-order valence-corrected chi connectivity index (χ3v) is 5.73. The number of hydrogen-bond donors (Lipinski definition) is 2. The first-order valence-corrected chi connectivity index (χ1v) is 8.73. The van der Waals surface area contributed by atoms with Crippen LogP contribution < -0.4 is 0 Å². The Morgan fingerprint density at radius 3 is 2.33 bits per heavy atom. The first-order chi connectivity index (χ1) is 11.5. The maximum Gasteiger partial charge on any atom is 0.332 e. The van der Waals surface area contributed by atoms with Crippen LogP contribution in [0.5, 0.6) is 0 Å². The smallest absolute Gasteiger partial charge is 0.332 e. The van der Waals surface area contributed by atoms with E-state index in [1.807, 2.05) is 12.1 Å². The summed E-state index contributed by atoms with van der Waals surface area (Å²) in [5, 5.41) is 17.9. The Kier molecular flexibility index (Phi) is 4.74. The Hall–Kier alpha value is -2.10. The molecule has 1 aromatic carbocycles. The lowest BCUT2D eigenvalue weighted by atomic mass is 9.82. The molecule has 1 spiro atoms. The van der Waals surface area contributed by atoms with E-state index in [9.17, 15) is 9.59 Å². The lowest BCUT2D eigenvalue weighted by Gasteiger charge is -2.22. The van der Waals surface area contributed by atoms with Gasteiger partial charge in [-0.25, -0.2) is 4.79 Å². The van der Waals surface area contributed by atoms with Crippen molar-refractivity contribution in [3.63, 3.8) is 0 Å². The van der Waals surface area contributed by atoms with Gasteiger partial charge in [0.1, 0.15) is 0 Å². The van der Waals surface area contributed by atoms with Gasteiger partial charge >= 0.3 is 11.9 Å². The van der Waals surface area contributed by atoms with E-state index in [1.54, 1.807) is 0 Å². The van der Waals surface area contributed by atoms with Gasteiger partial charge < -0.3 is 10.2 Å². The van der Waals surface area contributed by atoms with Crippen molar-refractivity contribution >= 4 is 18.0 Å². The van der Waals surface area contributed by atoms with Gasteiger partial charge in [-0.05, 0) is 60.6 Å². The number of rotatable bonds is 5. The quantitative estimate of drug-likeness (QED) is 0.783. The summed E-state index contributed by atoms with van der Waals surface area (Å²) in [4.78, 5) is 21.9. The van der Waals surface area contributed by atoms with Gasteiger partial charge in [-0.2, -0.15) is 0 Å². The predicted octanol–water partition coefficient (Wildman–Crippen LogP) is 4.46. The van der Waals surface area contributed by atoms with Gasteiger partial charge in [0.15, 0.2) is 0 Å². The fourth-order valence-corrected chi connectivity index (χ4v) is 4.49. The summed E-state index contributed by atoms with van der Waals surface area (Å²) in [6.07, 6.45) is 10.3. The van der Waals surface area contributed by atoms with E-state index in [0.717, 1.165) is 5.56 Å². The highest BCUT2D eigenvalue weighted by Gasteiger charge is 2.41. The van der Waals surface area contributed by atoms with Gasteiger partial charge in [-0.3, -0.25) is 4.79 Å². The molecule has 24 heavy (non-hydrogen) atoms. The number of benzene rings is 1. The zero-order valence-electron chi connectivity index (χ0n) is 13.8. The van der Waals surface area contributed by atoms with E-state index in [2.05, 4.69) is 12.1 Å². The van der Waals surface area contributed by atoms with Crippen molar-refractivity contribution in [2.75, 3.05) is 0 Å². The van der Waals surface area contributed by atoms with Gasteiger partial charge in [0, 0.05) is 5.57 Å². The summed E-state index contributed by atoms with van der Waals surface area (Å²) >= 11 is 0. The molecule has 2 fully saturated rings. The van der Waals surface area contributed by atoms with E-state index >= 15 is 0 Å². The molecule has 0 heterocycles. The molecule has 0 radical (unpaired) electrons. The molecule has 0 bridgehead atoms. The standard InChI is InChI=1S/C20H24O4/c21-18(22)12-17(19(23)24)11-14-3-5-15(6-4-14)16-7-10-20(13-16)8-1-2-9-20/h3-6,11,16H,1-2,7-10,12-13H2,(H,21,22)(H,23,24). The Bertz CT molecular complexity index is 651. The molecule has 1 atom stereocenters. The highest BCUT2D eigenvalue weighted by Crippen LogP contribution is 2.55. The fourth-order valence-electron chi connectivity index (χ4n) is 4.49. The molecule has 1 aromatic rings. The van der Waals surface area contributed by atoms with Crippen LogP contribution in [-0.4, -0.2) is 22.2 Å². The van der Waals surface area contributed by atoms with Gasteiger partial charge in [-0.15, -0.1) is 0 Å². The molecule has 3 rings (SSSR count). The van der Waals surface area contributed by atoms with Crippen molar-refractivity contribution in [3.8, 4) is 0 Å². The molecule has 128 valence electrons. The topological polar surface area (TPSA) is 74.6 Å². The summed E-state index contributed by atoms with van der Waals surface area (Å²) in [6.45, 7) is 0. The van der Waals surface area contributed by atoms with Crippen molar-refractivity contribution in [2.24, 2.45) is 5.41 Å². The molecule has 2 N–H and O–H groups in total. The summed E-state index contributed by atoms with van der Waals surface area (Å²) in [6, 6.07) is 7.95. The molecule has 2 saturated carbocycles. The predicted molar refractivity (Wildman–Crippen MR) is 91.8 cm³/mol. The largest absolute Gasteiger partial charge is 0.481 e. The molecule has 4 heteroatoms. The van der Waals surface area contributed by atoms with Crippen LogP contribution in [0.15, 0.2) is 29.8 Å². The van der Waals surface area contributed by atoms with Crippen molar-refractivity contribution in [2.45, 2.75) is 57.3 Å². The number of aliphatic carboxylic acids is 2. The summed E-state index contributed by atoms with van der Waals surface area (Å²) < 4.78 is 0. The van der Waals surface area contributed by atoms with Gasteiger partial charge in [0.25, 0.3) is 0 Å². The highest BCUT2D eigenvalue weighted by molar-refractivity contribution is 5.96. The molecule has 1 unspecified atom stereocenters. The van der Waals surface area contributed by atoms with Crippen LogP contribution in [0.4, 0.5) is 0 Å². The first kappa shape index (κ1) is 16.7. The maximum absolute atomic E-state index is 11.1. The highest BCUT2D eigenvalue weighted by atomic mass is 16.4. The normalized spacial score (nSPS) is 22.8. The summed E-state index contributed by atoms with van der Waals surface area (Å²) in [5.74, 6) is -1.70. The van der Waals surface area contributed by atoms with Gasteiger partial charge in [-0.1, -0.05) is 37.1 Å². The van der Waals surface area contributed by atoms with E-state index in [1.165, 1.54) is 56.6 Å². The SMILES string of the molecule is O=C(O)CC(=Cc1ccc(C2CCC3(CCCC3)C2)cc1)C(=O)O. The van der Waals surface area contributed by atoms with Crippen molar-refractivity contribution < 1.29 is 19.8 Å². The molecule has 0 aromatic heterocycles. The van der Waals surface area contributed by atoms with Crippen LogP contribution >= 0.6 is 0 Å². The second-order valence-electron chi connectivity index (χ2n) is 7.36. The summed E-state index contributed by atoms with van der Waals surface area (Å²) in [5.41, 5.74) is 2.55. The average molecular weight is 328 g/mol. The Balaban J connectivity index is 1.71. The average Bonchev–Trinajstić information content (AvgIpc) is 3.17. The van der Waals surface area contributed by atoms with Crippen LogP contribution in [-0.2, 0) is 9.59 Å². The second-order valence-corrected chi connectivity index (χ2v) is 7.36. The van der Waals surface area contributed by atoms with Crippen LogP contribution in [0.2, 0.25) is 0 Å². The first-order valence-electron chi connectivity index (χ1n) is 8.73. The van der Waals surface area contributed by atoms with Gasteiger partial charge in [0.2, 0.25) is 0 Å². The van der Waals surface area contributed by atoms with E-state index < -0.39 is 18.4 Å². The van der Waals surface area contributed by atoms with Crippen LogP contribution in [0, 0.1) is 5.41 Å². The molecule has 4 nitrogen and oxygen atoms in total. The lowest BCUT2D eigenvalue weighted by molar-refractivity contribution is -0.139. The minimum absolute atomic E-state index is 0.0963. The van der Waals surface area contributed by atoms with Crippen molar-refractivity contribution in [1.29, 1.82) is 0 Å². The molecular formula is C20H24O4. The van der Waals surface area contributed by atoms with Crippen LogP contribution in [0.25, 0.3) is 6.08 Å². The monoisotopic (exact) mass is 328 g/mol. The Morgan fingerprint density at radius 2 is 1.75 bits per heavy atom. The third-order valence-electron chi connectivity index (χ3n) is 5.73. The second kappa shape index (κ2) is 6.80. The number of hydrogen-bond acceptors (Lipinski definition) is 2. The number of carboxylic acid groups (broad SMARTS) is 2. The van der Waals surface area contributed by atoms with Crippen molar-refractivity contribution in [1.82, 2.24) is 0 Å². The lowest BCUT2D eigenvalue weighted by Crippen LogP contribution is -2.10. The van der Waals surface area contributed by atoms with Crippen LogP contribution in [0.3, 0.4) is 0 Å². The Labute approximate surface area is 142 Å². The minimum atomic E-state index is -1.18. The van der Waals surface area contributed by atoms with Crippen LogP contribution in [0.1, 0.15) is 68.4 Å². The molecular weight excluding hydrogens is 304 g/mol. The molecule has 0 aliphatic heterocycles. The third kappa shape index (κ3) is 3.69. The Morgan fingerprint density at radius 1 is 1.08 bits per heavy atom. The van der Waals surface area contributed by atoms with Crippen molar-refractivity contribution in [3.05, 3.63) is 41.0 Å². The molecule has 0 saturated heterocycles. The fraction of sp³-hybridized carbons (Fsp3) is 0.500. The maximum atomic E-state index is 11.1. The minimum Gasteiger partial charge on any atom is -0.481 e. The zero-order chi connectivity index (χ0) is 17.2.